The van der Waals surface area contributed by atoms with Gasteiger partial charge in [-0.25, -0.2) is 4.68 Å². The average molecular weight is 259 g/mol. The van der Waals surface area contributed by atoms with Crippen molar-refractivity contribution in [3.8, 4) is 11.6 Å². The van der Waals surface area contributed by atoms with E-state index in [0.29, 0.717) is 6.54 Å². The topological polar surface area (TPSA) is 53.1 Å². The van der Waals surface area contributed by atoms with Gasteiger partial charge in [0.05, 0.1) is 5.69 Å². The third kappa shape index (κ3) is 2.79. The number of rotatable bonds is 4. The summed E-state index contributed by atoms with van der Waals surface area (Å²) in [4.78, 5) is 0. The monoisotopic (exact) mass is 259 g/mol. The van der Waals surface area contributed by atoms with Crippen LogP contribution in [0.3, 0.4) is 0 Å². The van der Waals surface area contributed by atoms with E-state index in [0.717, 1.165) is 29.3 Å². The predicted octanol–water partition coefficient (Wildman–Crippen LogP) is 2.64. The minimum absolute atomic E-state index is 0.593. The van der Waals surface area contributed by atoms with Crippen LogP contribution >= 0.6 is 0 Å². The standard InChI is InChI=1S/C15H21N3O/c1-10-5-6-13(9-11(10)2)19-15-14(7-8-16)12(3)17-18(15)4/h5-6,9H,7-8,16H2,1-4H3. The molecule has 0 radical (unpaired) electrons. The molecule has 1 aromatic heterocycles. The van der Waals surface area contributed by atoms with E-state index in [4.69, 9.17) is 10.5 Å². The fourth-order valence-corrected chi connectivity index (χ4v) is 2.13. The zero-order valence-electron chi connectivity index (χ0n) is 12.0. The zero-order valence-corrected chi connectivity index (χ0v) is 12.0. The Bertz CT molecular complexity index is 587. The van der Waals surface area contributed by atoms with Gasteiger partial charge in [-0.05, 0) is 57.0 Å². The van der Waals surface area contributed by atoms with Crippen molar-refractivity contribution >= 4 is 0 Å². The van der Waals surface area contributed by atoms with E-state index < -0.39 is 0 Å². The van der Waals surface area contributed by atoms with Gasteiger partial charge in [0.1, 0.15) is 5.75 Å². The Morgan fingerprint density at radius 1 is 1.21 bits per heavy atom. The van der Waals surface area contributed by atoms with E-state index in [1.165, 1.54) is 11.1 Å². The number of hydrogen-bond donors (Lipinski definition) is 1. The van der Waals surface area contributed by atoms with Crippen LogP contribution in [0.25, 0.3) is 0 Å². The molecule has 0 atom stereocenters. The molecule has 2 N–H and O–H groups in total. The van der Waals surface area contributed by atoms with Crippen LogP contribution in [0.2, 0.25) is 0 Å². The lowest BCUT2D eigenvalue weighted by Crippen LogP contribution is -2.05. The fourth-order valence-electron chi connectivity index (χ4n) is 2.13. The molecule has 0 unspecified atom stereocenters. The van der Waals surface area contributed by atoms with E-state index in [1.807, 2.05) is 26.1 Å². The molecule has 0 spiro atoms. The highest BCUT2D eigenvalue weighted by atomic mass is 16.5. The maximum Gasteiger partial charge on any atom is 0.221 e. The summed E-state index contributed by atoms with van der Waals surface area (Å²) in [5.74, 6) is 1.62. The van der Waals surface area contributed by atoms with Crippen LogP contribution in [-0.4, -0.2) is 16.3 Å². The minimum atomic E-state index is 0.593. The molecule has 102 valence electrons. The fraction of sp³-hybridized carbons (Fsp3) is 0.400. The molecule has 0 saturated carbocycles. The Morgan fingerprint density at radius 3 is 2.58 bits per heavy atom. The molecule has 0 bridgehead atoms. The molecular formula is C15H21N3O. The van der Waals surface area contributed by atoms with Gasteiger partial charge in [0.25, 0.3) is 0 Å². The van der Waals surface area contributed by atoms with E-state index in [-0.39, 0.29) is 0 Å². The first-order valence-electron chi connectivity index (χ1n) is 6.50. The van der Waals surface area contributed by atoms with Crippen LogP contribution in [0.15, 0.2) is 18.2 Å². The summed E-state index contributed by atoms with van der Waals surface area (Å²) in [6, 6.07) is 6.09. The van der Waals surface area contributed by atoms with E-state index >= 15 is 0 Å². The maximum atomic E-state index is 5.99. The maximum absolute atomic E-state index is 5.99. The second-order valence-corrected chi connectivity index (χ2v) is 4.88. The Morgan fingerprint density at radius 2 is 1.95 bits per heavy atom. The van der Waals surface area contributed by atoms with Gasteiger partial charge in [-0.15, -0.1) is 0 Å². The Balaban J connectivity index is 2.34. The van der Waals surface area contributed by atoms with Crippen molar-refractivity contribution in [1.29, 1.82) is 0 Å². The molecule has 0 fully saturated rings. The van der Waals surface area contributed by atoms with Gasteiger partial charge in [0, 0.05) is 12.6 Å². The van der Waals surface area contributed by atoms with Crippen molar-refractivity contribution in [2.45, 2.75) is 27.2 Å². The highest BCUT2D eigenvalue weighted by molar-refractivity contribution is 5.39. The number of aryl methyl sites for hydroxylation is 4. The number of ether oxygens (including phenoxy) is 1. The summed E-state index contributed by atoms with van der Waals surface area (Å²) in [6.45, 7) is 6.75. The summed E-state index contributed by atoms with van der Waals surface area (Å²) in [7, 11) is 1.89. The third-order valence-electron chi connectivity index (χ3n) is 3.38. The lowest BCUT2D eigenvalue weighted by atomic mass is 10.1. The smallest absolute Gasteiger partial charge is 0.221 e. The highest BCUT2D eigenvalue weighted by Gasteiger charge is 2.14. The first-order valence-corrected chi connectivity index (χ1v) is 6.50. The molecule has 0 aliphatic rings. The molecule has 0 saturated heterocycles. The van der Waals surface area contributed by atoms with Crippen molar-refractivity contribution in [2.75, 3.05) is 6.54 Å². The molecule has 1 heterocycles. The molecule has 0 aliphatic heterocycles. The first-order chi connectivity index (χ1) is 9.02. The molecule has 2 rings (SSSR count). The molecule has 0 amide bonds. The zero-order chi connectivity index (χ0) is 14.0. The van der Waals surface area contributed by atoms with Crippen molar-refractivity contribution in [3.05, 3.63) is 40.6 Å². The van der Waals surface area contributed by atoms with Crippen molar-refractivity contribution in [2.24, 2.45) is 12.8 Å². The van der Waals surface area contributed by atoms with Gasteiger partial charge in [0.2, 0.25) is 5.88 Å². The van der Waals surface area contributed by atoms with Crippen molar-refractivity contribution < 1.29 is 4.74 Å². The van der Waals surface area contributed by atoms with Gasteiger partial charge in [-0.3, -0.25) is 0 Å². The SMILES string of the molecule is Cc1ccc(Oc2c(CCN)c(C)nn2C)cc1C. The Hall–Kier alpha value is -1.81. The number of benzene rings is 1. The second kappa shape index (κ2) is 5.45. The second-order valence-electron chi connectivity index (χ2n) is 4.88. The van der Waals surface area contributed by atoms with Crippen molar-refractivity contribution in [1.82, 2.24) is 9.78 Å². The Labute approximate surface area is 114 Å². The number of nitrogens with zero attached hydrogens (tertiary/aromatic N) is 2. The van der Waals surface area contributed by atoms with Gasteiger partial charge in [0.15, 0.2) is 0 Å². The summed E-state index contributed by atoms with van der Waals surface area (Å²) >= 11 is 0. The predicted molar refractivity (Wildman–Crippen MR) is 76.7 cm³/mol. The van der Waals surface area contributed by atoms with Crippen LogP contribution in [0.1, 0.15) is 22.4 Å². The summed E-state index contributed by atoms with van der Waals surface area (Å²) < 4.78 is 7.77. The molecule has 0 aliphatic carbocycles. The summed E-state index contributed by atoms with van der Waals surface area (Å²) in [5.41, 5.74) is 10.2. The van der Waals surface area contributed by atoms with Gasteiger partial charge < -0.3 is 10.5 Å². The van der Waals surface area contributed by atoms with E-state index in [9.17, 15) is 0 Å². The minimum Gasteiger partial charge on any atom is -0.439 e. The first kappa shape index (κ1) is 13.6. The number of aromatic nitrogens is 2. The molecule has 19 heavy (non-hydrogen) atoms. The molecular weight excluding hydrogens is 238 g/mol. The lowest BCUT2D eigenvalue weighted by Gasteiger charge is -2.10. The van der Waals surface area contributed by atoms with Crippen LogP contribution in [0.4, 0.5) is 0 Å². The molecule has 1 aromatic carbocycles. The van der Waals surface area contributed by atoms with E-state index in [2.05, 4.69) is 25.0 Å². The Kier molecular flexibility index (Phi) is 3.90. The lowest BCUT2D eigenvalue weighted by molar-refractivity contribution is 0.425. The van der Waals surface area contributed by atoms with Gasteiger partial charge in [-0.1, -0.05) is 6.07 Å². The van der Waals surface area contributed by atoms with Crippen molar-refractivity contribution in [3.63, 3.8) is 0 Å². The molecule has 2 aromatic rings. The highest BCUT2D eigenvalue weighted by Crippen LogP contribution is 2.28. The van der Waals surface area contributed by atoms with E-state index in [1.54, 1.807) is 4.68 Å². The van der Waals surface area contributed by atoms with Crippen LogP contribution in [0, 0.1) is 20.8 Å². The van der Waals surface area contributed by atoms with Crippen LogP contribution < -0.4 is 10.5 Å². The quantitative estimate of drug-likeness (QED) is 0.918. The van der Waals surface area contributed by atoms with Gasteiger partial charge in [-0.2, -0.15) is 5.10 Å². The average Bonchev–Trinajstić information content (AvgIpc) is 2.61. The third-order valence-corrected chi connectivity index (χ3v) is 3.38. The summed E-state index contributed by atoms with van der Waals surface area (Å²) in [5, 5.41) is 4.40. The molecule has 4 heteroatoms. The number of hydrogen-bond acceptors (Lipinski definition) is 3. The largest absolute Gasteiger partial charge is 0.439 e. The molecule has 4 nitrogen and oxygen atoms in total. The normalized spacial score (nSPS) is 10.8. The van der Waals surface area contributed by atoms with Gasteiger partial charge >= 0.3 is 0 Å². The summed E-state index contributed by atoms with van der Waals surface area (Å²) in [6.07, 6.45) is 0.778. The van der Waals surface area contributed by atoms with Crippen LogP contribution in [-0.2, 0) is 13.5 Å². The number of nitrogens with two attached hydrogens (primary N) is 1. The van der Waals surface area contributed by atoms with Crippen LogP contribution in [0.5, 0.6) is 11.6 Å².